The molecule has 2 heterocycles. The molecular formula is C82H130O23S. The van der Waals surface area contributed by atoms with Crippen LogP contribution >= 0.6 is 11.8 Å². The van der Waals surface area contributed by atoms with Crippen molar-refractivity contribution < 1.29 is 115 Å². The number of esters is 1. The summed E-state index contributed by atoms with van der Waals surface area (Å²) in [6.45, 7) is 12.2. The van der Waals surface area contributed by atoms with Crippen molar-refractivity contribution in [1.82, 2.24) is 0 Å². The molecule has 0 aromatic rings. The van der Waals surface area contributed by atoms with E-state index >= 15 is 0 Å². The van der Waals surface area contributed by atoms with Crippen molar-refractivity contribution in [3.05, 3.63) is 131 Å². The fourth-order valence-corrected chi connectivity index (χ4v) is 14.2. The Labute approximate surface area is 633 Å². The number of carbonyl (C=O) groups is 4. The number of hydrogen-bond acceptors (Lipinski definition) is 24. The Hall–Kier alpha value is -4.91. The number of rotatable bonds is 9. The fraction of sp³-hybridized carbons (Fsp3) is 0.683. The fourth-order valence-electron chi connectivity index (χ4n) is 13.5. The van der Waals surface area contributed by atoms with E-state index in [1.54, 1.807) is 127 Å². The van der Waals surface area contributed by atoms with Crippen LogP contribution in [0.4, 0.5) is 0 Å². The van der Waals surface area contributed by atoms with Crippen LogP contribution in [0.2, 0.25) is 0 Å². The average Bonchev–Trinajstić information content (AvgIpc) is 0.791. The lowest BCUT2D eigenvalue weighted by atomic mass is 9.78. The third kappa shape index (κ3) is 36.7. The van der Waals surface area contributed by atoms with Gasteiger partial charge in [-0.25, -0.2) is 0 Å². The topological polar surface area (TPSA) is 420 Å². The van der Waals surface area contributed by atoms with Gasteiger partial charge in [-0.05, 0) is 114 Å². The summed E-state index contributed by atoms with van der Waals surface area (Å²) in [5, 5.41) is 175. The van der Waals surface area contributed by atoms with Crippen LogP contribution in [0.5, 0.6) is 0 Å². The number of ether oxygens (including phenoxy) is 3. The molecule has 602 valence electrons. The van der Waals surface area contributed by atoms with Crippen molar-refractivity contribution >= 4 is 35.1 Å². The van der Waals surface area contributed by atoms with E-state index in [9.17, 15) is 101 Å². The van der Waals surface area contributed by atoms with E-state index in [0.717, 1.165) is 43.5 Å². The summed E-state index contributed by atoms with van der Waals surface area (Å²) in [5.74, 6) is -8.41. The largest absolute Gasteiger partial charge is 0.504 e. The van der Waals surface area contributed by atoms with Crippen LogP contribution in [0.15, 0.2) is 131 Å². The van der Waals surface area contributed by atoms with Crippen LogP contribution in [0.3, 0.4) is 0 Å². The van der Waals surface area contributed by atoms with Gasteiger partial charge in [-0.1, -0.05) is 171 Å². The van der Waals surface area contributed by atoms with E-state index in [4.69, 9.17) is 14.2 Å². The number of aliphatic hydroxyl groups excluding tert-OH is 15. The van der Waals surface area contributed by atoms with Crippen LogP contribution in [0.1, 0.15) is 196 Å². The molecule has 106 heavy (non-hydrogen) atoms. The molecule has 1 aliphatic carbocycles. The molecule has 24 heteroatoms. The molecule has 16 N–H and O–H groups in total. The molecule has 24 unspecified atom stereocenters. The van der Waals surface area contributed by atoms with Crippen molar-refractivity contribution in [1.29, 1.82) is 0 Å². The van der Waals surface area contributed by atoms with Gasteiger partial charge in [-0.3, -0.25) is 19.2 Å². The van der Waals surface area contributed by atoms with Gasteiger partial charge in [0.2, 0.25) is 5.78 Å². The first-order valence-electron chi connectivity index (χ1n) is 38.1. The first-order chi connectivity index (χ1) is 50.1. The molecule has 2 aliphatic heterocycles. The second-order valence-corrected chi connectivity index (χ2v) is 30.8. The third-order valence-corrected chi connectivity index (χ3v) is 21.2. The Bertz CT molecular complexity index is 2950. The van der Waals surface area contributed by atoms with Gasteiger partial charge in [0, 0.05) is 74.5 Å². The molecule has 0 saturated carbocycles. The molecule has 3 rings (SSSR count). The second kappa shape index (κ2) is 50.8. The number of aliphatic hydroxyl groups is 16. The number of Topliss-reactive ketones (excluding diaryl/α,β-unsaturated/α-hetero) is 2. The Kier molecular flexibility index (Phi) is 45.7. The monoisotopic (exact) mass is 1510 g/mol. The summed E-state index contributed by atoms with van der Waals surface area (Å²) in [7, 11) is 1.42. The minimum absolute atomic E-state index is 0.0382. The van der Waals surface area contributed by atoms with Gasteiger partial charge < -0.3 is 95.9 Å². The molecule has 1 fully saturated rings. The van der Waals surface area contributed by atoms with Gasteiger partial charge in [0.1, 0.15) is 11.9 Å². The Morgan fingerprint density at radius 3 is 1.84 bits per heavy atom. The summed E-state index contributed by atoms with van der Waals surface area (Å²) in [6.07, 6.45) is 18.1. The van der Waals surface area contributed by atoms with Crippen LogP contribution in [-0.4, -0.2) is 228 Å². The van der Waals surface area contributed by atoms with E-state index in [2.05, 4.69) is 0 Å². The predicted molar refractivity (Wildman–Crippen MR) is 409 cm³/mol. The van der Waals surface area contributed by atoms with Gasteiger partial charge in [-0.2, -0.15) is 0 Å². The second-order valence-electron chi connectivity index (χ2n) is 30.0. The summed E-state index contributed by atoms with van der Waals surface area (Å²) in [6, 6.07) is 0. The van der Waals surface area contributed by atoms with E-state index in [1.807, 2.05) is 13.0 Å². The lowest BCUT2D eigenvalue weighted by Gasteiger charge is -2.46. The number of carbonyl (C=O) groups excluding carboxylic acids is 4. The van der Waals surface area contributed by atoms with Crippen LogP contribution in [-0.2, 0) is 33.4 Å². The highest BCUT2D eigenvalue weighted by Gasteiger charge is 2.49. The number of fused-ring (bicyclic) bond motifs is 2. The highest BCUT2D eigenvalue weighted by atomic mass is 32.2. The van der Waals surface area contributed by atoms with Crippen molar-refractivity contribution in [2.45, 2.75) is 306 Å². The van der Waals surface area contributed by atoms with Gasteiger partial charge in [-0.15, -0.1) is 11.8 Å². The van der Waals surface area contributed by atoms with Crippen molar-refractivity contribution in [2.24, 2.45) is 35.5 Å². The smallest absolute Gasteiger partial charge is 0.311 e. The number of hydrogen-bond donors (Lipinski definition) is 16. The highest BCUT2D eigenvalue weighted by Crippen LogP contribution is 2.39. The van der Waals surface area contributed by atoms with Crippen LogP contribution in [0, 0.1) is 35.5 Å². The Balaban J connectivity index is 1.78. The lowest BCUT2D eigenvalue weighted by molar-refractivity contribution is -0.302. The maximum absolute atomic E-state index is 14.0. The molecule has 23 nitrogen and oxygen atoms in total. The maximum Gasteiger partial charge on any atom is 0.311 e. The maximum atomic E-state index is 14.0. The van der Waals surface area contributed by atoms with E-state index in [-0.39, 0.29) is 98.7 Å². The van der Waals surface area contributed by atoms with Crippen LogP contribution in [0.25, 0.3) is 0 Å². The molecule has 24 atom stereocenters. The number of thioether (sulfide) groups is 1. The molecule has 0 spiro atoms. The van der Waals surface area contributed by atoms with E-state index in [0.29, 0.717) is 50.5 Å². The summed E-state index contributed by atoms with van der Waals surface area (Å²) < 4.78 is 17.8. The molecule has 1 saturated heterocycles. The minimum atomic E-state index is -2.25. The van der Waals surface area contributed by atoms with Crippen molar-refractivity contribution in [2.75, 3.05) is 13.4 Å². The highest BCUT2D eigenvalue weighted by molar-refractivity contribution is 8.03. The predicted octanol–water partition coefficient (Wildman–Crippen LogP) is 8.03. The van der Waals surface area contributed by atoms with Gasteiger partial charge in [0.05, 0.1) is 109 Å². The number of allylic oxidation sites excluding steroid dienone is 14. The first-order valence-corrected chi connectivity index (χ1v) is 39.3. The SMILES string of the molecule is COC(CCC(C)/C=C/C=C/C1CC(O)CC(O)CCCCCCCC(O)CC(O)C/C=C/C=C/C=C/C(O)CC(=O)CC(O)C/C=C/C=C\C(O)CC(O)CC(O)CCC(C)C(O)CC(O)C(C)C(O)/C(C)=C/C=C/C(C)C(O)C(C)C2OC(O)(CC(=O)O1)CC(O)C2C)C1=C(SC)C(=O)C=C(O)C1=O. The summed E-state index contributed by atoms with van der Waals surface area (Å²) >= 11 is 1.10. The zero-order chi connectivity index (χ0) is 79.2. The molecule has 0 aromatic carbocycles. The molecule has 0 radical (unpaired) electrons. The van der Waals surface area contributed by atoms with Gasteiger partial charge in [0.15, 0.2) is 17.3 Å². The van der Waals surface area contributed by atoms with Crippen LogP contribution < -0.4 is 0 Å². The summed E-state index contributed by atoms with van der Waals surface area (Å²) in [4.78, 5) is 52.3. The first kappa shape index (κ1) is 95.3. The van der Waals surface area contributed by atoms with Crippen molar-refractivity contribution in [3.8, 4) is 0 Å². The standard InChI is InChI=1S/C82H130O23S/c1-51(36-39-74(103-8)76-79(101)71(95)48-72(96)81(76)106-9)26-23-24-35-68-46-67(92)44-63(88)32-20-15-11-13-18-30-59(84)40-58(83)29-17-12-10-14-19-31-60(85)41-65(90)42-61(86)33-21-16-22-34-62(87)43-66(91)45-64(89)38-37-52(2)69(93)47-70(94)55(5)77(99)53(3)27-25-28-54(4)78(100)57(7)80-56(6)73(97)49-82(102,105-80)50-75(98)104-68/h10,12,14,16-17,19,21-28,31,34-35,48,51-52,54-64,66-70,73-74,77-78,80,83-89,91-95,97,99-100,102H,11,13,15,18,20,29-30,32-33,36-47,49-50H2,1-9H3/b14-10+,17-12+,21-16+,26-23+,28-25+,31-19+,34-22-,35-24+,53-27+. The zero-order valence-electron chi connectivity index (χ0n) is 63.9. The zero-order valence-corrected chi connectivity index (χ0v) is 64.7. The molecular weight excluding hydrogens is 1380 g/mol. The Morgan fingerprint density at radius 2 is 1.19 bits per heavy atom. The summed E-state index contributed by atoms with van der Waals surface area (Å²) in [5.41, 5.74) is 0.580. The molecule has 0 amide bonds. The minimum Gasteiger partial charge on any atom is -0.504 e. The number of ketones is 3. The quantitative estimate of drug-likeness (QED) is 0.0590. The number of cyclic esters (lactones) is 1. The van der Waals surface area contributed by atoms with Gasteiger partial charge >= 0.3 is 5.97 Å². The third-order valence-electron chi connectivity index (χ3n) is 20.4. The Morgan fingerprint density at radius 1 is 0.604 bits per heavy atom. The van der Waals surface area contributed by atoms with Crippen molar-refractivity contribution in [3.63, 3.8) is 0 Å². The van der Waals surface area contributed by atoms with E-state index < -0.39 is 163 Å². The molecule has 0 aromatic heterocycles. The lowest BCUT2D eigenvalue weighted by Crippen LogP contribution is -2.55. The van der Waals surface area contributed by atoms with Gasteiger partial charge in [0.25, 0.3) is 0 Å². The number of methoxy groups -OCH3 is 1. The van der Waals surface area contributed by atoms with E-state index in [1.165, 1.54) is 25.3 Å². The molecule has 3 aliphatic rings. The average molecular weight is 1520 g/mol. The normalized spacial score (nSPS) is 38.3. The molecule has 2 bridgehead atoms.